The number of benzene rings is 2. The van der Waals surface area contributed by atoms with Crippen LogP contribution in [0.25, 0.3) is 0 Å². The summed E-state index contributed by atoms with van der Waals surface area (Å²) in [4.78, 5) is 26.7. The molecule has 0 unspecified atom stereocenters. The van der Waals surface area contributed by atoms with Gasteiger partial charge in [0.05, 0.1) is 6.04 Å². The zero-order valence-electron chi connectivity index (χ0n) is 14.8. The minimum atomic E-state index is -2.12. The first-order valence-corrected chi connectivity index (χ1v) is 9.01. The van der Waals surface area contributed by atoms with E-state index >= 15 is 0 Å². The fourth-order valence-electron chi connectivity index (χ4n) is 3.26. The molecule has 0 aliphatic carbocycles. The van der Waals surface area contributed by atoms with Crippen LogP contribution in [-0.4, -0.2) is 34.0 Å². The van der Waals surface area contributed by atoms with E-state index in [4.69, 9.17) is 11.6 Å². The number of nitrogens with zero attached hydrogens (tertiary/aromatic N) is 1. The molecule has 1 heterocycles. The molecular weight excluding hydrogens is 371 g/mol. The van der Waals surface area contributed by atoms with Crippen LogP contribution in [0, 0.1) is 5.82 Å². The summed E-state index contributed by atoms with van der Waals surface area (Å²) < 4.78 is 13.4. The van der Waals surface area contributed by atoms with Crippen molar-refractivity contribution in [3.63, 3.8) is 0 Å². The summed E-state index contributed by atoms with van der Waals surface area (Å²) in [6, 6.07) is 13.0. The van der Waals surface area contributed by atoms with Crippen LogP contribution in [0.5, 0.6) is 0 Å². The molecule has 142 valence electrons. The molecule has 1 aliphatic heterocycles. The maximum Gasteiger partial charge on any atom is 0.264 e. The Labute approximate surface area is 161 Å². The molecule has 0 aromatic heterocycles. The van der Waals surface area contributed by atoms with Gasteiger partial charge in [0.15, 0.2) is 0 Å². The molecule has 3 rings (SSSR count). The van der Waals surface area contributed by atoms with Crippen molar-refractivity contribution < 1.29 is 19.1 Å². The lowest BCUT2D eigenvalue weighted by molar-refractivity contribution is -0.155. The SMILES string of the molecule is C[C@@H](c1ccccc1)N1CC[C@](O)(C(=O)NCc2cc(F)cc(Cl)c2)C1=O. The lowest BCUT2D eigenvalue weighted by Crippen LogP contribution is -2.52. The van der Waals surface area contributed by atoms with E-state index in [1.807, 2.05) is 37.3 Å². The summed E-state index contributed by atoms with van der Waals surface area (Å²) in [5.74, 6) is -1.95. The van der Waals surface area contributed by atoms with Gasteiger partial charge in [-0.1, -0.05) is 41.9 Å². The molecule has 1 aliphatic rings. The quantitative estimate of drug-likeness (QED) is 0.771. The average Bonchev–Trinajstić information content (AvgIpc) is 2.95. The van der Waals surface area contributed by atoms with Crippen LogP contribution in [0.15, 0.2) is 48.5 Å². The number of rotatable bonds is 5. The minimum absolute atomic E-state index is 0.00124. The monoisotopic (exact) mass is 390 g/mol. The Hall–Kier alpha value is -2.44. The van der Waals surface area contributed by atoms with Gasteiger partial charge in [-0.3, -0.25) is 9.59 Å². The van der Waals surface area contributed by atoms with E-state index < -0.39 is 23.2 Å². The van der Waals surface area contributed by atoms with Gasteiger partial charge in [-0.05, 0) is 36.2 Å². The van der Waals surface area contributed by atoms with Crippen molar-refractivity contribution in [2.75, 3.05) is 6.54 Å². The Morgan fingerprint density at radius 3 is 2.70 bits per heavy atom. The molecule has 0 saturated carbocycles. The highest BCUT2D eigenvalue weighted by Crippen LogP contribution is 2.31. The fraction of sp³-hybridized carbons (Fsp3) is 0.300. The average molecular weight is 391 g/mol. The molecule has 2 amide bonds. The zero-order valence-corrected chi connectivity index (χ0v) is 15.5. The summed E-state index contributed by atoms with van der Waals surface area (Å²) in [7, 11) is 0. The van der Waals surface area contributed by atoms with Crippen molar-refractivity contribution in [1.29, 1.82) is 0 Å². The van der Waals surface area contributed by atoms with Gasteiger partial charge in [0.1, 0.15) is 5.82 Å². The van der Waals surface area contributed by atoms with Crippen LogP contribution in [0.1, 0.15) is 30.5 Å². The van der Waals surface area contributed by atoms with Gasteiger partial charge < -0.3 is 15.3 Å². The van der Waals surface area contributed by atoms with E-state index in [1.165, 1.54) is 17.0 Å². The number of carbonyl (C=O) groups is 2. The fourth-order valence-corrected chi connectivity index (χ4v) is 3.51. The third kappa shape index (κ3) is 3.96. The largest absolute Gasteiger partial charge is 0.372 e. The molecule has 1 fully saturated rings. The predicted octanol–water partition coefficient (Wildman–Crippen LogP) is 2.82. The van der Waals surface area contributed by atoms with Crippen LogP contribution < -0.4 is 5.32 Å². The highest BCUT2D eigenvalue weighted by atomic mass is 35.5. The molecule has 2 N–H and O–H groups in total. The third-order valence-corrected chi connectivity index (χ3v) is 5.05. The predicted molar refractivity (Wildman–Crippen MR) is 99.4 cm³/mol. The summed E-state index contributed by atoms with van der Waals surface area (Å²) in [6.45, 7) is 2.08. The summed E-state index contributed by atoms with van der Waals surface area (Å²) >= 11 is 5.79. The van der Waals surface area contributed by atoms with Crippen molar-refractivity contribution in [3.05, 3.63) is 70.5 Å². The number of hydrogen-bond donors (Lipinski definition) is 2. The van der Waals surface area contributed by atoms with Crippen molar-refractivity contribution in [1.82, 2.24) is 10.2 Å². The van der Waals surface area contributed by atoms with Crippen molar-refractivity contribution in [2.24, 2.45) is 0 Å². The molecule has 27 heavy (non-hydrogen) atoms. The number of likely N-dealkylation sites (tertiary alicyclic amines) is 1. The first-order chi connectivity index (χ1) is 12.8. The Balaban J connectivity index is 1.68. The summed E-state index contributed by atoms with van der Waals surface area (Å²) in [5, 5.41) is 13.4. The first-order valence-electron chi connectivity index (χ1n) is 8.63. The highest BCUT2D eigenvalue weighted by Gasteiger charge is 2.52. The maximum absolute atomic E-state index is 13.4. The van der Waals surface area contributed by atoms with Crippen LogP contribution in [-0.2, 0) is 16.1 Å². The van der Waals surface area contributed by atoms with Crippen LogP contribution in [0.3, 0.4) is 0 Å². The molecule has 0 bridgehead atoms. The highest BCUT2D eigenvalue weighted by molar-refractivity contribution is 6.30. The van der Waals surface area contributed by atoms with E-state index in [1.54, 1.807) is 0 Å². The van der Waals surface area contributed by atoms with Crippen LogP contribution in [0.2, 0.25) is 5.02 Å². The molecule has 0 radical (unpaired) electrons. The number of carbonyl (C=O) groups excluding carboxylic acids is 2. The Kier molecular flexibility index (Phi) is 5.48. The van der Waals surface area contributed by atoms with E-state index in [2.05, 4.69) is 5.32 Å². The maximum atomic E-state index is 13.4. The van der Waals surface area contributed by atoms with Crippen LogP contribution >= 0.6 is 11.6 Å². The molecular formula is C20H20ClFN2O3. The van der Waals surface area contributed by atoms with E-state index in [0.717, 1.165) is 11.6 Å². The van der Waals surface area contributed by atoms with Crippen molar-refractivity contribution in [2.45, 2.75) is 31.5 Å². The second kappa shape index (κ2) is 7.66. The number of amides is 2. The van der Waals surface area contributed by atoms with E-state index in [9.17, 15) is 19.1 Å². The smallest absolute Gasteiger partial charge is 0.264 e. The van der Waals surface area contributed by atoms with Crippen molar-refractivity contribution >= 4 is 23.4 Å². The zero-order chi connectivity index (χ0) is 19.6. The molecule has 1 saturated heterocycles. The number of aliphatic hydroxyl groups is 1. The van der Waals surface area contributed by atoms with Crippen LogP contribution in [0.4, 0.5) is 4.39 Å². The molecule has 0 spiro atoms. The van der Waals surface area contributed by atoms with Gasteiger partial charge in [-0.25, -0.2) is 4.39 Å². The van der Waals surface area contributed by atoms with E-state index in [-0.39, 0.29) is 30.6 Å². The molecule has 2 aromatic carbocycles. The normalized spacial score (nSPS) is 20.6. The topological polar surface area (TPSA) is 69.6 Å². The minimum Gasteiger partial charge on any atom is -0.372 e. The van der Waals surface area contributed by atoms with Gasteiger partial charge in [0.2, 0.25) is 5.60 Å². The summed E-state index contributed by atoms with van der Waals surface area (Å²) in [6.07, 6.45) is -0.00124. The van der Waals surface area contributed by atoms with Gasteiger partial charge >= 0.3 is 0 Å². The lowest BCUT2D eigenvalue weighted by Gasteiger charge is -2.27. The van der Waals surface area contributed by atoms with Crippen molar-refractivity contribution in [3.8, 4) is 0 Å². The standard InChI is InChI=1S/C20H20ClFN2O3/c1-13(15-5-3-2-4-6-15)24-8-7-20(27,19(24)26)18(25)23-12-14-9-16(21)11-17(22)10-14/h2-6,9-11,13,27H,7-8,12H2,1H3,(H,23,25)/t13-,20-/m0/s1. The molecule has 2 aromatic rings. The Morgan fingerprint density at radius 1 is 1.33 bits per heavy atom. The number of halogens is 2. The Bertz CT molecular complexity index is 841. The third-order valence-electron chi connectivity index (χ3n) is 4.83. The number of nitrogens with one attached hydrogen (secondary N) is 1. The second-order valence-corrected chi connectivity index (χ2v) is 7.09. The first kappa shape index (κ1) is 19.3. The molecule has 7 heteroatoms. The summed E-state index contributed by atoms with van der Waals surface area (Å²) in [5.41, 5.74) is -0.762. The van der Waals surface area contributed by atoms with Gasteiger partial charge in [-0.2, -0.15) is 0 Å². The number of hydrogen-bond acceptors (Lipinski definition) is 3. The van der Waals surface area contributed by atoms with Gasteiger partial charge in [0, 0.05) is 24.5 Å². The van der Waals surface area contributed by atoms with Gasteiger partial charge in [-0.15, -0.1) is 0 Å². The van der Waals surface area contributed by atoms with Gasteiger partial charge in [0.25, 0.3) is 11.8 Å². The Morgan fingerprint density at radius 2 is 2.04 bits per heavy atom. The second-order valence-electron chi connectivity index (χ2n) is 6.66. The lowest BCUT2D eigenvalue weighted by atomic mass is 10.0. The molecule has 5 nitrogen and oxygen atoms in total. The van der Waals surface area contributed by atoms with E-state index in [0.29, 0.717) is 5.56 Å². The molecule has 2 atom stereocenters.